The Labute approximate surface area is 130 Å². The van der Waals surface area contributed by atoms with Crippen LogP contribution >= 0.6 is 12.2 Å². The van der Waals surface area contributed by atoms with E-state index in [1.807, 2.05) is 0 Å². The first-order valence-electron chi connectivity index (χ1n) is 4.23. The molecule has 0 saturated carbocycles. The third-order valence-electron chi connectivity index (χ3n) is 1.50. The first kappa shape index (κ1) is 16.7. The number of rotatable bonds is 0. The molecule has 1 radical (unpaired) electrons. The molecule has 2 aromatic heterocycles. The Morgan fingerprint density at radius 1 is 1.11 bits per heavy atom. The van der Waals surface area contributed by atoms with Gasteiger partial charge in [0.25, 0.3) is 11.1 Å². The van der Waals surface area contributed by atoms with E-state index in [-0.39, 0.29) is 49.0 Å². The van der Waals surface area contributed by atoms with Crippen molar-refractivity contribution in [2.24, 2.45) is 0 Å². The minimum atomic E-state index is -0.571. The molecule has 0 fully saturated rings. The van der Waals surface area contributed by atoms with Gasteiger partial charge in [0, 0.05) is 32.7 Å². The fourth-order valence-electron chi connectivity index (χ4n) is 0.739. The van der Waals surface area contributed by atoms with E-state index in [1.165, 1.54) is 6.33 Å². The molecule has 0 aliphatic carbocycles. The molecule has 0 aromatic carbocycles. The summed E-state index contributed by atoms with van der Waals surface area (Å²) in [5, 5.41) is 17.1. The molecule has 0 bridgehead atoms. The number of aromatic hydroxyl groups is 2. The summed E-state index contributed by atoms with van der Waals surface area (Å²) in [6, 6.07) is 0. The van der Waals surface area contributed by atoms with Gasteiger partial charge in [0.1, 0.15) is 0 Å². The normalized spacial score (nSPS) is 8.67. The topological polar surface area (TPSA) is 135 Å². The largest absolute Gasteiger partial charge is 0.502 e. The van der Waals surface area contributed by atoms with Crippen LogP contribution in [0.1, 0.15) is 0 Å². The maximum Gasteiger partial charge on any atom is 0.293 e. The molecule has 5 N–H and O–H groups in total. The summed E-state index contributed by atoms with van der Waals surface area (Å²) in [4.78, 5) is 31.0. The van der Waals surface area contributed by atoms with E-state index in [4.69, 9.17) is 10.2 Å². The summed E-state index contributed by atoms with van der Waals surface area (Å²) >= 11 is 4.54. The SMILES string of the molecule is O=c1[nH]c(=S)[nH]cc1O.O=c1[nH]cncc1O.[Y]. The van der Waals surface area contributed by atoms with E-state index < -0.39 is 11.1 Å². The average Bonchev–Trinajstić information content (AvgIpc) is 2.29. The number of hydrogen-bond acceptors (Lipinski definition) is 6. The van der Waals surface area contributed by atoms with Gasteiger partial charge in [-0.15, -0.1) is 0 Å². The van der Waals surface area contributed by atoms with Crippen molar-refractivity contribution in [2.75, 3.05) is 0 Å². The number of nitrogens with one attached hydrogen (secondary N) is 3. The van der Waals surface area contributed by atoms with E-state index >= 15 is 0 Å². The van der Waals surface area contributed by atoms with Gasteiger partial charge in [0.2, 0.25) is 0 Å². The minimum absolute atomic E-state index is 0. The van der Waals surface area contributed by atoms with Crippen LogP contribution in [0.25, 0.3) is 0 Å². The van der Waals surface area contributed by atoms with Crippen LogP contribution < -0.4 is 11.1 Å². The van der Waals surface area contributed by atoms with E-state index in [0.29, 0.717) is 0 Å². The molecule has 2 aromatic rings. The standard InChI is InChI=1S/C4H4N2O2S.C4H4N2O2.Y/c7-2-1-5-4(9)6-3(2)8;7-3-1-5-2-6-4(3)8;/h1,7H,(H2,5,6,8,9);1-2,7H,(H,5,6,8);. The van der Waals surface area contributed by atoms with Crippen molar-refractivity contribution in [3.05, 3.63) is 44.2 Å². The van der Waals surface area contributed by atoms with Crippen molar-refractivity contribution in [1.82, 2.24) is 19.9 Å². The third-order valence-corrected chi connectivity index (χ3v) is 1.72. The van der Waals surface area contributed by atoms with Crippen LogP contribution in [0.15, 0.2) is 28.3 Å². The number of hydrogen-bond donors (Lipinski definition) is 5. The van der Waals surface area contributed by atoms with Gasteiger partial charge in [-0.25, -0.2) is 4.98 Å². The zero-order valence-corrected chi connectivity index (χ0v) is 12.5. The zero-order chi connectivity index (χ0) is 12.8. The molecule has 0 spiro atoms. The van der Waals surface area contributed by atoms with Crippen molar-refractivity contribution in [2.45, 2.75) is 0 Å². The molecule has 18 heavy (non-hydrogen) atoms. The fraction of sp³-hybridized carbons (Fsp3) is 0. The second-order valence-electron chi connectivity index (χ2n) is 2.72. The van der Waals surface area contributed by atoms with E-state index in [2.05, 4.69) is 32.2 Å². The molecular formula is C8H8N4O4SY. The summed E-state index contributed by atoms with van der Waals surface area (Å²) in [6.07, 6.45) is 3.43. The predicted octanol–water partition coefficient (Wildman–Crippen LogP) is -0.389. The van der Waals surface area contributed by atoms with Crippen molar-refractivity contribution in [3.63, 3.8) is 0 Å². The van der Waals surface area contributed by atoms with Gasteiger partial charge < -0.3 is 20.2 Å². The smallest absolute Gasteiger partial charge is 0.293 e. The van der Waals surface area contributed by atoms with Crippen molar-refractivity contribution in [1.29, 1.82) is 0 Å². The predicted molar refractivity (Wildman–Crippen MR) is 60.4 cm³/mol. The van der Waals surface area contributed by atoms with Crippen LogP contribution in [0.2, 0.25) is 0 Å². The summed E-state index contributed by atoms with van der Waals surface area (Å²) in [5.74, 6) is -0.712. The molecule has 8 nitrogen and oxygen atoms in total. The summed E-state index contributed by atoms with van der Waals surface area (Å²) in [6.45, 7) is 0. The Hall–Kier alpha value is -1.32. The molecule has 0 aliphatic heterocycles. The summed E-state index contributed by atoms with van der Waals surface area (Å²) < 4.78 is 0.206. The van der Waals surface area contributed by atoms with E-state index in [9.17, 15) is 9.59 Å². The van der Waals surface area contributed by atoms with Gasteiger partial charge in [-0.1, -0.05) is 0 Å². The molecule has 93 valence electrons. The van der Waals surface area contributed by atoms with Crippen LogP contribution in [0.5, 0.6) is 11.5 Å². The number of H-pyrrole nitrogens is 3. The molecule has 0 amide bonds. The quantitative estimate of drug-likeness (QED) is 0.413. The Morgan fingerprint density at radius 2 is 1.78 bits per heavy atom. The minimum Gasteiger partial charge on any atom is -0.502 e. The van der Waals surface area contributed by atoms with Crippen molar-refractivity contribution in [3.8, 4) is 11.5 Å². The summed E-state index contributed by atoms with van der Waals surface area (Å²) in [5.41, 5.74) is -1.08. The van der Waals surface area contributed by atoms with Crippen molar-refractivity contribution < 1.29 is 42.9 Å². The van der Waals surface area contributed by atoms with Gasteiger partial charge in [0.05, 0.1) is 18.7 Å². The van der Waals surface area contributed by atoms with Crippen molar-refractivity contribution >= 4 is 12.2 Å². The maximum atomic E-state index is 10.4. The number of aromatic nitrogens is 4. The van der Waals surface area contributed by atoms with Crippen LogP contribution in [-0.2, 0) is 32.7 Å². The Morgan fingerprint density at radius 3 is 2.17 bits per heavy atom. The molecule has 10 heteroatoms. The van der Waals surface area contributed by atoms with Gasteiger partial charge in [-0.2, -0.15) is 0 Å². The van der Waals surface area contributed by atoms with Gasteiger partial charge in [-0.05, 0) is 12.2 Å². The molecule has 0 aliphatic rings. The molecule has 2 rings (SSSR count). The zero-order valence-electron chi connectivity index (χ0n) is 8.88. The van der Waals surface area contributed by atoms with Gasteiger partial charge in [0.15, 0.2) is 16.3 Å². The number of nitrogens with zero attached hydrogens (tertiary/aromatic N) is 1. The van der Waals surface area contributed by atoms with E-state index in [1.54, 1.807) is 0 Å². The first-order valence-corrected chi connectivity index (χ1v) is 4.64. The Balaban J connectivity index is 0.000000306. The van der Waals surface area contributed by atoms with Crippen LogP contribution in [0.3, 0.4) is 0 Å². The van der Waals surface area contributed by atoms with Gasteiger partial charge in [-0.3, -0.25) is 14.6 Å². The van der Waals surface area contributed by atoms with Crippen LogP contribution in [0.4, 0.5) is 0 Å². The Bertz CT molecular complexity index is 665. The molecule has 0 atom stereocenters. The van der Waals surface area contributed by atoms with Crippen LogP contribution in [0, 0.1) is 4.77 Å². The Kier molecular flexibility index (Phi) is 7.33. The molecule has 0 unspecified atom stereocenters. The maximum absolute atomic E-state index is 10.4. The number of aromatic amines is 3. The second-order valence-corrected chi connectivity index (χ2v) is 3.13. The third kappa shape index (κ3) is 5.34. The van der Waals surface area contributed by atoms with E-state index in [0.717, 1.165) is 12.4 Å². The second kappa shape index (κ2) is 7.90. The fourth-order valence-corrected chi connectivity index (χ4v) is 0.891. The first-order chi connectivity index (χ1) is 8.00. The monoisotopic (exact) mass is 345 g/mol. The van der Waals surface area contributed by atoms with Gasteiger partial charge >= 0.3 is 0 Å². The van der Waals surface area contributed by atoms with Crippen LogP contribution in [-0.4, -0.2) is 30.1 Å². The molecule has 0 saturated heterocycles. The average molecular weight is 345 g/mol. The molecular weight excluding hydrogens is 337 g/mol. The summed E-state index contributed by atoms with van der Waals surface area (Å²) in [7, 11) is 0. The molecule has 2 heterocycles.